The van der Waals surface area contributed by atoms with E-state index in [9.17, 15) is 9.18 Å². The third kappa shape index (κ3) is 3.34. The summed E-state index contributed by atoms with van der Waals surface area (Å²) in [5, 5.41) is 8.01. The Morgan fingerprint density at radius 2 is 1.96 bits per heavy atom. The van der Waals surface area contributed by atoms with Gasteiger partial charge >= 0.3 is 0 Å². The van der Waals surface area contributed by atoms with Crippen LogP contribution in [0.5, 0.6) is 0 Å². The van der Waals surface area contributed by atoms with E-state index >= 15 is 0 Å². The first-order chi connectivity index (χ1) is 12.6. The lowest BCUT2D eigenvalue weighted by Gasteiger charge is -2.06. The summed E-state index contributed by atoms with van der Waals surface area (Å²) in [6, 6.07) is 15.5. The van der Waals surface area contributed by atoms with E-state index in [4.69, 9.17) is 0 Å². The normalized spacial score (nSPS) is 11.0. The van der Waals surface area contributed by atoms with E-state index < -0.39 is 0 Å². The molecule has 2 aromatic carbocycles. The summed E-state index contributed by atoms with van der Waals surface area (Å²) in [5.41, 5.74) is 2.41. The summed E-state index contributed by atoms with van der Waals surface area (Å²) >= 11 is 1.51. The van der Waals surface area contributed by atoms with Crippen molar-refractivity contribution in [2.24, 2.45) is 0 Å². The number of nitrogens with one attached hydrogen (secondary N) is 1. The number of hydrogen-bond acceptors (Lipinski definition) is 4. The molecule has 4 rings (SSSR count). The molecule has 2 aromatic heterocycles. The maximum atomic E-state index is 13.0. The van der Waals surface area contributed by atoms with Crippen molar-refractivity contribution in [1.82, 2.24) is 14.8 Å². The van der Waals surface area contributed by atoms with Crippen molar-refractivity contribution in [3.63, 3.8) is 0 Å². The van der Waals surface area contributed by atoms with Gasteiger partial charge in [-0.25, -0.2) is 9.37 Å². The lowest BCUT2D eigenvalue weighted by atomic mass is 10.1. The van der Waals surface area contributed by atoms with Crippen LogP contribution in [-0.4, -0.2) is 20.7 Å². The van der Waals surface area contributed by atoms with Gasteiger partial charge in [0.2, 0.25) is 11.0 Å². The largest absolute Gasteiger partial charge is 0.310 e. The van der Waals surface area contributed by atoms with Crippen molar-refractivity contribution in [3.8, 4) is 5.13 Å². The number of aromatic nitrogens is 3. The van der Waals surface area contributed by atoms with Gasteiger partial charge in [-0.3, -0.25) is 4.79 Å². The Bertz CT molecular complexity index is 1050. The van der Waals surface area contributed by atoms with Crippen LogP contribution in [0.25, 0.3) is 15.3 Å². The van der Waals surface area contributed by atoms with Gasteiger partial charge in [0, 0.05) is 6.07 Å². The van der Waals surface area contributed by atoms with Gasteiger partial charge in [-0.15, -0.1) is 0 Å². The molecule has 130 valence electrons. The van der Waals surface area contributed by atoms with Gasteiger partial charge in [0.05, 0.1) is 22.3 Å². The Morgan fingerprint density at radius 1 is 1.19 bits per heavy atom. The van der Waals surface area contributed by atoms with Gasteiger partial charge < -0.3 is 5.32 Å². The van der Waals surface area contributed by atoms with Crippen LogP contribution in [0.4, 0.5) is 10.2 Å². The van der Waals surface area contributed by atoms with E-state index in [1.807, 2.05) is 31.2 Å². The average molecular weight is 366 g/mol. The highest BCUT2D eigenvalue weighted by Gasteiger charge is 2.14. The zero-order valence-corrected chi connectivity index (χ0v) is 14.8. The number of carbonyl (C=O) groups is 1. The van der Waals surface area contributed by atoms with Crippen LogP contribution in [0.3, 0.4) is 0 Å². The highest BCUT2D eigenvalue weighted by atomic mass is 32.1. The fourth-order valence-electron chi connectivity index (χ4n) is 2.66. The first kappa shape index (κ1) is 16.4. The van der Waals surface area contributed by atoms with Crippen LogP contribution in [0.2, 0.25) is 0 Å². The van der Waals surface area contributed by atoms with E-state index in [1.54, 1.807) is 22.9 Å². The molecular formula is C19H15FN4OS. The molecular weight excluding hydrogens is 351 g/mol. The Balaban J connectivity index is 1.59. The lowest BCUT2D eigenvalue weighted by molar-refractivity contribution is -0.115. The molecule has 1 amide bonds. The molecule has 0 radical (unpaired) electrons. The quantitative estimate of drug-likeness (QED) is 0.591. The molecule has 0 unspecified atom stereocenters. The van der Waals surface area contributed by atoms with Crippen molar-refractivity contribution in [2.45, 2.75) is 13.3 Å². The fourth-order valence-corrected chi connectivity index (χ4v) is 3.59. The van der Waals surface area contributed by atoms with Crippen molar-refractivity contribution < 1.29 is 9.18 Å². The molecule has 0 atom stereocenters. The summed E-state index contributed by atoms with van der Waals surface area (Å²) in [5.74, 6) is 0.0474. The standard InChI is InChI=1S/C19H15FN4OS/c1-12-10-17(22-18(25)11-13-6-8-14(20)9-7-13)24(23-12)19-21-15-4-2-3-5-16(15)26-19/h2-10H,11H2,1H3,(H,22,25). The molecule has 0 aliphatic rings. The Labute approximate surface area is 153 Å². The molecule has 0 saturated carbocycles. The monoisotopic (exact) mass is 366 g/mol. The highest BCUT2D eigenvalue weighted by Crippen LogP contribution is 2.27. The summed E-state index contributed by atoms with van der Waals surface area (Å²) in [7, 11) is 0. The van der Waals surface area contributed by atoms with Gasteiger partial charge in [-0.2, -0.15) is 9.78 Å². The van der Waals surface area contributed by atoms with Crippen molar-refractivity contribution in [3.05, 3.63) is 71.7 Å². The predicted molar refractivity (Wildman–Crippen MR) is 100 cm³/mol. The van der Waals surface area contributed by atoms with Crippen LogP contribution in [0.1, 0.15) is 11.3 Å². The van der Waals surface area contributed by atoms with E-state index in [0.717, 1.165) is 21.5 Å². The minimum atomic E-state index is -0.321. The number of rotatable bonds is 4. The van der Waals surface area contributed by atoms with E-state index in [2.05, 4.69) is 15.4 Å². The minimum Gasteiger partial charge on any atom is -0.310 e. The third-order valence-electron chi connectivity index (χ3n) is 3.84. The Morgan fingerprint density at radius 3 is 2.73 bits per heavy atom. The molecule has 0 aliphatic carbocycles. The number of fused-ring (bicyclic) bond motifs is 1. The van der Waals surface area contributed by atoms with Gasteiger partial charge in [-0.05, 0) is 36.8 Å². The molecule has 5 nitrogen and oxygen atoms in total. The van der Waals surface area contributed by atoms with Crippen LogP contribution < -0.4 is 5.32 Å². The number of carbonyl (C=O) groups excluding carboxylic acids is 1. The van der Waals surface area contributed by atoms with Gasteiger partial charge in [0.15, 0.2) is 0 Å². The molecule has 0 fully saturated rings. The minimum absolute atomic E-state index is 0.157. The number of thiazole rings is 1. The maximum Gasteiger partial charge on any atom is 0.229 e. The molecule has 4 aromatic rings. The second kappa shape index (κ2) is 6.68. The SMILES string of the molecule is Cc1cc(NC(=O)Cc2ccc(F)cc2)n(-c2nc3ccccc3s2)n1. The molecule has 0 aliphatic heterocycles. The van der Waals surface area contributed by atoms with Crippen molar-refractivity contribution in [1.29, 1.82) is 0 Å². The number of aryl methyl sites for hydroxylation is 1. The Kier molecular flexibility index (Phi) is 4.22. The van der Waals surface area contributed by atoms with Crippen molar-refractivity contribution >= 4 is 33.3 Å². The van der Waals surface area contributed by atoms with Crippen LogP contribution in [-0.2, 0) is 11.2 Å². The first-order valence-corrected chi connectivity index (χ1v) is 8.87. The number of hydrogen-bond donors (Lipinski definition) is 1. The van der Waals surface area contributed by atoms with E-state index in [0.29, 0.717) is 10.9 Å². The molecule has 2 heterocycles. The predicted octanol–water partition coefficient (Wildman–Crippen LogP) is 4.11. The number of amides is 1. The third-order valence-corrected chi connectivity index (χ3v) is 4.85. The number of para-hydroxylation sites is 1. The maximum absolute atomic E-state index is 13.0. The van der Waals surface area contributed by atoms with Gasteiger partial charge in [0.25, 0.3) is 0 Å². The lowest BCUT2D eigenvalue weighted by Crippen LogP contribution is -2.17. The number of halogens is 1. The summed E-state index contributed by atoms with van der Waals surface area (Å²) in [6.45, 7) is 1.86. The van der Waals surface area contributed by atoms with Crippen molar-refractivity contribution in [2.75, 3.05) is 5.32 Å². The summed E-state index contributed by atoms with van der Waals surface area (Å²) in [6.07, 6.45) is 0.157. The second-order valence-electron chi connectivity index (χ2n) is 5.90. The number of nitrogens with zero attached hydrogens (tertiary/aromatic N) is 3. The average Bonchev–Trinajstić information content (AvgIpc) is 3.20. The topological polar surface area (TPSA) is 59.8 Å². The zero-order chi connectivity index (χ0) is 18.1. The number of benzene rings is 2. The summed E-state index contributed by atoms with van der Waals surface area (Å²) in [4.78, 5) is 17.0. The zero-order valence-electron chi connectivity index (χ0n) is 13.9. The van der Waals surface area contributed by atoms with E-state index in [-0.39, 0.29) is 18.1 Å². The molecule has 7 heteroatoms. The molecule has 0 bridgehead atoms. The number of anilines is 1. The fraction of sp³-hybridized carbons (Fsp3) is 0.105. The molecule has 26 heavy (non-hydrogen) atoms. The molecule has 0 saturated heterocycles. The second-order valence-corrected chi connectivity index (χ2v) is 6.91. The Hall–Kier alpha value is -3.06. The van der Waals surface area contributed by atoms with Crippen LogP contribution in [0.15, 0.2) is 54.6 Å². The smallest absolute Gasteiger partial charge is 0.229 e. The van der Waals surface area contributed by atoms with Crippen LogP contribution in [0, 0.1) is 12.7 Å². The molecule has 0 spiro atoms. The molecule has 1 N–H and O–H groups in total. The first-order valence-electron chi connectivity index (χ1n) is 8.05. The van der Waals surface area contributed by atoms with Gasteiger partial charge in [-0.1, -0.05) is 35.6 Å². The van der Waals surface area contributed by atoms with Gasteiger partial charge in [0.1, 0.15) is 11.6 Å². The summed E-state index contributed by atoms with van der Waals surface area (Å²) < 4.78 is 15.7. The van der Waals surface area contributed by atoms with E-state index in [1.165, 1.54) is 23.5 Å². The van der Waals surface area contributed by atoms with Crippen LogP contribution >= 0.6 is 11.3 Å². The highest BCUT2D eigenvalue weighted by molar-refractivity contribution is 7.20.